The summed E-state index contributed by atoms with van der Waals surface area (Å²) in [5.41, 5.74) is 4.39. The number of carbonyl (C=O) groups excluding carboxylic acids is 3. The van der Waals surface area contributed by atoms with Crippen molar-refractivity contribution in [2.75, 3.05) is 21.3 Å². The predicted octanol–water partition coefficient (Wildman–Crippen LogP) is 12.3. The number of aromatic amines is 2. The number of H-pyrrole nitrogens is 2. The Morgan fingerprint density at radius 3 is 1.08 bits per heavy atom. The molecule has 2 aromatic heterocycles. The monoisotopic (exact) mass is 752 g/mol. The van der Waals surface area contributed by atoms with Gasteiger partial charge in [0.15, 0.2) is 0 Å². The second kappa shape index (κ2) is 15.4. The van der Waals surface area contributed by atoms with Crippen molar-refractivity contribution >= 4 is 131 Å². The fourth-order valence-corrected chi connectivity index (χ4v) is 7.11. The zero-order valence-corrected chi connectivity index (χ0v) is 30.5. The molecule has 4 aromatic carbocycles. The third-order valence-electron chi connectivity index (χ3n) is 8.55. The Kier molecular flexibility index (Phi) is 11.0. The molecule has 50 heavy (non-hydrogen) atoms. The number of fused-ring (bicyclic) bond motifs is 6. The molecule has 0 saturated carbocycles. The molecule has 0 aliphatic carbocycles. The van der Waals surface area contributed by atoms with Crippen LogP contribution >= 0.6 is 46.4 Å². The smallest absolute Gasteiger partial charge is 0.323 e. The van der Waals surface area contributed by atoms with Crippen LogP contribution in [0.5, 0.6) is 0 Å². The van der Waals surface area contributed by atoms with Crippen molar-refractivity contribution in [2.24, 2.45) is 0 Å². The van der Waals surface area contributed by atoms with E-state index in [1.807, 2.05) is 0 Å². The molecule has 6 rings (SSSR count). The molecule has 0 fully saturated rings. The van der Waals surface area contributed by atoms with Crippen LogP contribution < -0.4 is 21.3 Å². The van der Waals surface area contributed by atoms with Gasteiger partial charge in [0.05, 0.1) is 44.8 Å². The summed E-state index contributed by atoms with van der Waals surface area (Å²) in [4.78, 5) is 45.8. The Bertz CT molecular complexity index is 2120. The fourth-order valence-electron chi connectivity index (χ4n) is 6.23. The second-order valence-corrected chi connectivity index (χ2v) is 14.1. The average Bonchev–Trinajstić information content (AvgIpc) is 3.60. The molecule has 6 N–H and O–H groups in total. The number of nitrogens with one attached hydrogen (secondary N) is 6. The van der Waals surface area contributed by atoms with Gasteiger partial charge >= 0.3 is 6.03 Å². The molecule has 260 valence electrons. The van der Waals surface area contributed by atoms with E-state index in [-0.39, 0.29) is 11.8 Å². The minimum absolute atomic E-state index is 0.106. The number of hydrogen-bond acceptors (Lipinski definition) is 3. The molecule has 0 atom stereocenters. The van der Waals surface area contributed by atoms with E-state index in [0.29, 0.717) is 88.5 Å². The number of benzene rings is 4. The van der Waals surface area contributed by atoms with Gasteiger partial charge in [-0.25, -0.2) is 4.79 Å². The number of anilines is 4. The van der Waals surface area contributed by atoms with E-state index in [0.717, 1.165) is 49.3 Å². The number of unbranched alkanes of at least 4 members (excludes halogenated alkanes) is 4. The number of halogens is 4. The molecule has 9 nitrogen and oxygen atoms in total. The molecule has 13 heteroatoms. The third-order valence-corrected chi connectivity index (χ3v) is 9.43. The van der Waals surface area contributed by atoms with Gasteiger partial charge in [-0.15, -0.1) is 0 Å². The molecule has 6 aromatic rings. The summed E-state index contributed by atoms with van der Waals surface area (Å²) < 4.78 is 0. The summed E-state index contributed by atoms with van der Waals surface area (Å²) in [5.74, 6) is -0.213. The maximum atomic E-state index is 13.6. The van der Waals surface area contributed by atoms with Crippen LogP contribution in [0.3, 0.4) is 0 Å². The molecule has 0 saturated heterocycles. The summed E-state index contributed by atoms with van der Waals surface area (Å²) in [6.45, 7) is 4.17. The quantitative estimate of drug-likeness (QED) is 0.0695. The highest BCUT2D eigenvalue weighted by Crippen LogP contribution is 2.40. The highest BCUT2D eigenvalue weighted by atomic mass is 35.5. The Morgan fingerprint density at radius 1 is 0.480 bits per heavy atom. The zero-order valence-electron chi connectivity index (χ0n) is 27.5. The first kappa shape index (κ1) is 35.7. The molecule has 0 aliphatic heterocycles. The molecule has 0 aliphatic rings. The van der Waals surface area contributed by atoms with Gasteiger partial charge in [-0.2, -0.15) is 0 Å². The van der Waals surface area contributed by atoms with E-state index in [1.54, 1.807) is 48.5 Å². The molecule has 0 spiro atoms. The Labute approximate surface area is 308 Å². The molecular formula is C37H36Cl4N6O3. The van der Waals surface area contributed by atoms with Gasteiger partial charge in [-0.1, -0.05) is 85.9 Å². The van der Waals surface area contributed by atoms with Crippen molar-refractivity contribution in [1.82, 2.24) is 9.97 Å². The lowest BCUT2D eigenvalue weighted by Crippen LogP contribution is -2.19. The Hall–Kier alpha value is -4.15. The van der Waals surface area contributed by atoms with Crippen LogP contribution in [0.1, 0.15) is 65.2 Å². The normalized spacial score (nSPS) is 11.5. The molecule has 0 unspecified atom stereocenters. The van der Waals surface area contributed by atoms with Crippen LogP contribution in [0.2, 0.25) is 20.1 Å². The Morgan fingerprint density at radius 2 is 0.780 bits per heavy atom. The van der Waals surface area contributed by atoms with Crippen molar-refractivity contribution < 1.29 is 14.4 Å². The van der Waals surface area contributed by atoms with E-state index in [2.05, 4.69) is 45.1 Å². The van der Waals surface area contributed by atoms with Gasteiger partial charge in [-0.05, 0) is 61.4 Å². The number of amides is 4. The fraction of sp³-hybridized carbons (Fsp3) is 0.270. The predicted molar refractivity (Wildman–Crippen MR) is 210 cm³/mol. The van der Waals surface area contributed by atoms with E-state index in [4.69, 9.17) is 46.4 Å². The van der Waals surface area contributed by atoms with Crippen LogP contribution in [0.15, 0.2) is 48.5 Å². The topological polar surface area (TPSA) is 131 Å². The highest BCUT2D eigenvalue weighted by molar-refractivity contribution is 6.36. The van der Waals surface area contributed by atoms with E-state index < -0.39 is 6.03 Å². The third kappa shape index (κ3) is 7.76. The maximum absolute atomic E-state index is 13.6. The van der Waals surface area contributed by atoms with Crippen molar-refractivity contribution in [3.8, 4) is 0 Å². The Balaban J connectivity index is 1.32. The second-order valence-electron chi connectivity index (χ2n) is 12.3. The van der Waals surface area contributed by atoms with Gasteiger partial charge in [0.2, 0.25) is 11.8 Å². The van der Waals surface area contributed by atoms with Crippen LogP contribution in [-0.2, 0) is 9.59 Å². The molecule has 2 heterocycles. The van der Waals surface area contributed by atoms with E-state index in [9.17, 15) is 14.4 Å². The molecule has 4 amide bonds. The van der Waals surface area contributed by atoms with Crippen molar-refractivity contribution in [3.63, 3.8) is 0 Å². The lowest BCUT2D eigenvalue weighted by atomic mass is 10.1. The van der Waals surface area contributed by atoms with Crippen LogP contribution in [0.25, 0.3) is 43.6 Å². The first-order valence-electron chi connectivity index (χ1n) is 16.6. The van der Waals surface area contributed by atoms with E-state index >= 15 is 0 Å². The largest absolute Gasteiger partial charge is 0.351 e. The molecule has 0 radical (unpaired) electrons. The maximum Gasteiger partial charge on any atom is 0.323 e. The number of hydrogen-bond donors (Lipinski definition) is 6. The number of rotatable bonds is 12. The zero-order chi connectivity index (χ0) is 35.5. The summed E-state index contributed by atoms with van der Waals surface area (Å²) in [6, 6.07) is 13.2. The average molecular weight is 755 g/mol. The first-order valence-corrected chi connectivity index (χ1v) is 18.1. The summed E-state index contributed by atoms with van der Waals surface area (Å²) >= 11 is 26.1. The van der Waals surface area contributed by atoms with Crippen LogP contribution in [0, 0.1) is 0 Å². The molecule has 0 bridgehead atoms. The van der Waals surface area contributed by atoms with Crippen molar-refractivity contribution in [3.05, 3.63) is 68.6 Å². The first-order chi connectivity index (χ1) is 24.0. The minimum Gasteiger partial charge on any atom is -0.351 e. The lowest BCUT2D eigenvalue weighted by Gasteiger charge is -2.11. The molecular weight excluding hydrogens is 718 g/mol. The van der Waals surface area contributed by atoms with Crippen molar-refractivity contribution in [1.29, 1.82) is 0 Å². The summed E-state index contributed by atoms with van der Waals surface area (Å²) in [5, 5.41) is 16.4. The van der Waals surface area contributed by atoms with Gasteiger partial charge in [0.25, 0.3) is 0 Å². The highest BCUT2D eigenvalue weighted by Gasteiger charge is 2.19. The summed E-state index contributed by atoms with van der Waals surface area (Å²) in [6.07, 6.45) is 6.34. The van der Waals surface area contributed by atoms with Crippen LogP contribution in [0.4, 0.5) is 27.5 Å². The number of aromatic nitrogens is 2. The van der Waals surface area contributed by atoms with Crippen LogP contribution in [-0.4, -0.2) is 27.8 Å². The van der Waals surface area contributed by atoms with Crippen molar-refractivity contribution in [2.45, 2.75) is 65.2 Å². The van der Waals surface area contributed by atoms with Gasteiger partial charge < -0.3 is 31.2 Å². The number of urea groups is 1. The minimum atomic E-state index is -0.556. The standard InChI is InChI=1S/C37H36Cl4N6O3/c1-3-5-7-9-31(48)42-27-15-19(38)11-23-25-13-21(40)17-29(35(25)46-33(23)27)44-37(50)45-30-18-22(41)14-26-24-12-20(39)16-28(34(24)47-36(26)30)43-32(49)10-8-6-4-2/h11-18,46-47H,3-10H2,1-2H3,(H,42,48)(H,43,49)(H2,44,45,50). The lowest BCUT2D eigenvalue weighted by molar-refractivity contribution is -0.117. The SMILES string of the molecule is CCCCCC(=O)Nc1cc(Cl)cc2c1[nH]c1c(NC(=O)Nc3cc(Cl)cc4c3[nH]c3c(NC(=O)CCCCC)cc(Cl)cc34)cc(Cl)cc12. The van der Waals surface area contributed by atoms with E-state index in [1.165, 1.54) is 0 Å². The number of carbonyl (C=O) groups is 3. The van der Waals surface area contributed by atoms with Gasteiger partial charge in [0.1, 0.15) is 0 Å². The van der Waals surface area contributed by atoms with Gasteiger partial charge in [0, 0.05) is 54.5 Å². The summed E-state index contributed by atoms with van der Waals surface area (Å²) in [7, 11) is 0. The van der Waals surface area contributed by atoms with Gasteiger partial charge in [-0.3, -0.25) is 9.59 Å².